The Hall–Kier alpha value is -0.850. The molecule has 3 saturated heterocycles. The minimum absolute atomic E-state index is 0.0517. The highest BCUT2D eigenvalue weighted by Crippen LogP contribution is 2.41. The van der Waals surface area contributed by atoms with Gasteiger partial charge in [0.15, 0.2) is 12.6 Å². The van der Waals surface area contributed by atoms with Gasteiger partial charge in [0.25, 0.3) is 0 Å². The lowest BCUT2D eigenvalue weighted by molar-refractivity contribution is -0.371. The summed E-state index contributed by atoms with van der Waals surface area (Å²) in [6.45, 7) is 0.811. The van der Waals surface area contributed by atoms with E-state index in [2.05, 4.69) is 0 Å². The Kier molecular flexibility index (Phi) is 10.0. The van der Waals surface area contributed by atoms with Crippen LogP contribution in [0.2, 0.25) is 0 Å². The highest BCUT2D eigenvalue weighted by Gasteiger charge is 2.53. The van der Waals surface area contributed by atoms with Gasteiger partial charge in [-0.25, -0.2) is 0 Å². The number of hydrogen-bond donors (Lipinski definition) is 8. The number of carbonyl (C=O) groups excluding carboxylic acids is 1. The van der Waals surface area contributed by atoms with E-state index in [1.54, 1.807) is 0 Å². The van der Waals surface area contributed by atoms with E-state index < -0.39 is 92.2 Å². The van der Waals surface area contributed by atoms with Crippen molar-refractivity contribution in [2.75, 3.05) is 6.61 Å². The van der Waals surface area contributed by atoms with Crippen molar-refractivity contribution in [3.63, 3.8) is 0 Å². The number of fused-ring (bicyclic) bond motifs is 1. The van der Waals surface area contributed by atoms with Gasteiger partial charge in [0, 0.05) is 19.3 Å². The van der Waals surface area contributed by atoms with Crippen LogP contribution in [0.5, 0.6) is 0 Å². The first-order valence-electron chi connectivity index (χ1n) is 14.7. The first-order valence-corrected chi connectivity index (χ1v) is 14.7. The third-order valence-corrected chi connectivity index (χ3v) is 9.46. The summed E-state index contributed by atoms with van der Waals surface area (Å²) < 4.78 is 29.5. The number of aliphatic hydroxyl groups is 8. The lowest BCUT2D eigenvalue weighted by Crippen LogP contribution is -2.64. The standard InChI is InChI=1S/C27H44O14/c1-10-20(32)22(34)24(36)26(37-10)41-25-23(35)21(33)18(9-28)40-27(25)38-13-6-14(30)19-15(31)8-16(39-17(19)7-13)11-2-4-12(29)5-3-11/h10-14,16-30,32-36H,2-9H2,1H3/t10-,11?,12?,13?,14?,16?,17?,18+,19?,20-,21+,22+,23-,24+,25+,26-,27+/m0/s1. The molecule has 41 heavy (non-hydrogen) atoms. The van der Waals surface area contributed by atoms with Crippen LogP contribution in [0.15, 0.2) is 0 Å². The van der Waals surface area contributed by atoms with E-state index in [4.69, 9.17) is 23.7 Å². The number of Topliss-reactive ketones (excluding diaryl/α,β-unsaturated/α-hetero) is 1. The van der Waals surface area contributed by atoms with E-state index in [1.807, 2.05) is 0 Å². The number of aliphatic hydroxyl groups excluding tert-OH is 8. The fourth-order valence-electron chi connectivity index (χ4n) is 6.98. The van der Waals surface area contributed by atoms with Crippen LogP contribution >= 0.6 is 0 Å². The van der Waals surface area contributed by atoms with Gasteiger partial charge in [0.05, 0.1) is 49.1 Å². The predicted molar refractivity (Wildman–Crippen MR) is 135 cm³/mol. The number of rotatable bonds is 6. The summed E-state index contributed by atoms with van der Waals surface area (Å²) in [5.41, 5.74) is 0. The van der Waals surface area contributed by atoms with Crippen LogP contribution in [-0.2, 0) is 28.5 Å². The molecule has 15 atom stereocenters. The number of ketones is 1. The second-order valence-corrected chi connectivity index (χ2v) is 12.3. The molecule has 2 saturated carbocycles. The third-order valence-electron chi connectivity index (χ3n) is 9.46. The number of hydrogen-bond acceptors (Lipinski definition) is 14. The van der Waals surface area contributed by atoms with Gasteiger partial charge in [-0.15, -0.1) is 0 Å². The summed E-state index contributed by atoms with van der Waals surface area (Å²) in [5, 5.41) is 82.5. The molecule has 5 rings (SSSR count). The molecule has 3 heterocycles. The van der Waals surface area contributed by atoms with Crippen LogP contribution < -0.4 is 0 Å². The largest absolute Gasteiger partial charge is 0.394 e. The van der Waals surface area contributed by atoms with Crippen LogP contribution in [0.25, 0.3) is 0 Å². The summed E-state index contributed by atoms with van der Waals surface area (Å²) in [5.74, 6) is -0.658. The third kappa shape index (κ3) is 6.50. The monoisotopic (exact) mass is 592 g/mol. The number of carbonyl (C=O) groups is 1. The molecule has 14 heteroatoms. The maximum Gasteiger partial charge on any atom is 0.187 e. The Morgan fingerprint density at radius 1 is 0.756 bits per heavy atom. The summed E-state index contributed by atoms with van der Waals surface area (Å²) in [6.07, 6.45) is -14.3. The zero-order valence-corrected chi connectivity index (χ0v) is 23.0. The Morgan fingerprint density at radius 2 is 1.46 bits per heavy atom. The molecular weight excluding hydrogens is 548 g/mol. The fraction of sp³-hybridized carbons (Fsp3) is 0.963. The quantitative estimate of drug-likeness (QED) is 0.155. The molecule has 5 unspecified atom stereocenters. The molecule has 0 bridgehead atoms. The van der Waals surface area contributed by atoms with Crippen LogP contribution in [0.1, 0.15) is 51.9 Å². The van der Waals surface area contributed by atoms with Gasteiger partial charge in [0.2, 0.25) is 0 Å². The molecule has 5 fully saturated rings. The molecule has 0 spiro atoms. The first-order chi connectivity index (χ1) is 19.5. The molecule has 0 amide bonds. The molecule has 236 valence electrons. The topological polar surface area (TPSA) is 225 Å². The molecular formula is C27H44O14. The highest BCUT2D eigenvalue weighted by molar-refractivity contribution is 5.83. The Labute approximate surface area is 237 Å². The van der Waals surface area contributed by atoms with E-state index in [0.717, 1.165) is 12.8 Å². The lowest BCUT2D eigenvalue weighted by atomic mass is 9.73. The molecule has 5 aliphatic rings. The van der Waals surface area contributed by atoms with Gasteiger partial charge < -0.3 is 64.5 Å². The second-order valence-electron chi connectivity index (χ2n) is 12.3. The van der Waals surface area contributed by atoms with Crippen molar-refractivity contribution in [2.24, 2.45) is 11.8 Å². The molecule has 8 N–H and O–H groups in total. The van der Waals surface area contributed by atoms with Gasteiger partial charge in [-0.1, -0.05) is 0 Å². The van der Waals surface area contributed by atoms with E-state index in [0.29, 0.717) is 12.8 Å². The minimum atomic E-state index is -1.70. The molecule has 0 aromatic rings. The highest BCUT2D eigenvalue weighted by atomic mass is 16.8. The second kappa shape index (κ2) is 13.0. The van der Waals surface area contributed by atoms with Gasteiger partial charge in [-0.3, -0.25) is 4.79 Å². The molecule has 14 nitrogen and oxygen atoms in total. The van der Waals surface area contributed by atoms with E-state index >= 15 is 0 Å². The van der Waals surface area contributed by atoms with Crippen LogP contribution in [0.4, 0.5) is 0 Å². The van der Waals surface area contributed by atoms with Gasteiger partial charge in [-0.05, 0) is 38.5 Å². The molecule has 0 radical (unpaired) electrons. The Bertz CT molecular complexity index is 884. The summed E-state index contributed by atoms with van der Waals surface area (Å²) >= 11 is 0. The van der Waals surface area contributed by atoms with Crippen molar-refractivity contribution in [2.45, 2.75) is 144 Å². The summed E-state index contributed by atoms with van der Waals surface area (Å²) in [4.78, 5) is 13.1. The van der Waals surface area contributed by atoms with Crippen LogP contribution in [0, 0.1) is 11.8 Å². The molecule has 0 aromatic carbocycles. The van der Waals surface area contributed by atoms with Crippen molar-refractivity contribution in [1.29, 1.82) is 0 Å². The summed E-state index contributed by atoms with van der Waals surface area (Å²) in [6, 6.07) is 0. The summed E-state index contributed by atoms with van der Waals surface area (Å²) in [7, 11) is 0. The first kappa shape index (κ1) is 31.6. The zero-order valence-electron chi connectivity index (χ0n) is 23.0. The van der Waals surface area contributed by atoms with E-state index in [9.17, 15) is 45.6 Å². The average molecular weight is 593 g/mol. The van der Waals surface area contributed by atoms with Crippen molar-refractivity contribution in [1.82, 2.24) is 0 Å². The predicted octanol–water partition coefficient (Wildman–Crippen LogP) is -2.93. The SMILES string of the molecule is C[C@@H]1O[C@@H](O[C@H]2[C@H](OC3CC(O)C4C(=O)CC(C5CCC(O)CC5)OC4C3)O[C@H](CO)[C@@H](O)[C@@H]2O)[C@H](O)[C@H](O)[C@H]1O. The minimum Gasteiger partial charge on any atom is -0.394 e. The van der Waals surface area contributed by atoms with E-state index in [1.165, 1.54) is 6.92 Å². The number of ether oxygens (including phenoxy) is 5. The van der Waals surface area contributed by atoms with Gasteiger partial charge in [0.1, 0.15) is 48.5 Å². The van der Waals surface area contributed by atoms with E-state index in [-0.39, 0.29) is 43.2 Å². The van der Waals surface area contributed by atoms with Crippen LogP contribution in [-0.4, -0.2) is 145 Å². The maximum absolute atomic E-state index is 13.1. The zero-order chi connectivity index (χ0) is 29.6. The molecule has 3 aliphatic heterocycles. The smallest absolute Gasteiger partial charge is 0.187 e. The van der Waals surface area contributed by atoms with Crippen LogP contribution in [0.3, 0.4) is 0 Å². The average Bonchev–Trinajstić information content (AvgIpc) is 2.94. The van der Waals surface area contributed by atoms with Gasteiger partial charge in [-0.2, -0.15) is 0 Å². The molecule has 2 aliphatic carbocycles. The Balaban J connectivity index is 1.29. The molecule has 0 aromatic heterocycles. The maximum atomic E-state index is 13.1. The van der Waals surface area contributed by atoms with Crippen molar-refractivity contribution >= 4 is 5.78 Å². The normalized spacial score (nSPS) is 53.1. The lowest BCUT2D eigenvalue weighted by Gasteiger charge is -2.48. The van der Waals surface area contributed by atoms with Crippen molar-refractivity contribution < 1.29 is 69.3 Å². The fourth-order valence-corrected chi connectivity index (χ4v) is 6.98. The Morgan fingerprint density at radius 3 is 2.15 bits per heavy atom. The van der Waals surface area contributed by atoms with Gasteiger partial charge >= 0.3 is 0 Å². The van der Waals surface area contributed by atoms with Crippen molar-refractivity contribution in [3.05, 3.63) is 0 Å². The van der Waals surface area contributed by atoms with Crippen molar-refractivity contribution in [3.8, 4) is 0 Å².